The maximum Gasteiger partial charge on any atom is 0.299 e. The van der Waals surface area contributed by atoms with Crippen molar-refractivity contribution in [3.8, 4) is 0 Å². The molecule has 0 aliphatic carbocycles. The van der Waals surface area contributed by atoms with E-state index in [0.29, 0.717) is 6.61 Å². The smallest absolute Gasteiger partial charge is 0.299 e. The van der Waals surface area contributed by atoms with Crippen LogP contribution >= 0.6 is 0 Å². The SMILES string of the molecule is CCCCCCCCCCCCCOOOOOOC(O)O. The molecule has 0 rings (SSSR count). The molecular weight excluding hydrogens is 296 g/mol. The minimum atomic E-state index is -2.12. The van der Waals surface area contributed by atoms with Crippen molar-refractivity contribution in [2.45, 2.75) is 84.0 Å². The van der Waals surface area contributed by atoms with Gasteiger partial charge in [0.25, 0.3) is 6.48 Å². The highest BCUT2D eigenvalue weighted by atomic mass is 17.8. The number of rotatable bonds is 18. The van der Waals surface area contributed by atoms with Crippen molar-refractivity contribution in [1.82, 2.24) is 0 Å². The number of unbranched alkanes of at least 4 members (excludes halogenated alkanes) is 10. The summed E-state index contributed by atoms with van der Waals surface area (Å²) < 4.78 is 0. The van der Waals surface area contributed by atoms with Crippen LogP contribution < -0.4 is 0 Å². The average Bonchev–Trinajstić information content (AvgIpc) is 2.50. The van der Waals surface area contributed by atoms with Crippen molar-refractivity contribution in [2.24, 2.45) is 0 Å². The molecule has 0 saturated heterocycles. The zero-order valence-corrected chi connectivity index (χ0v) is 13.4. The Hall–Kier alpha value is -0.320. The van der Waals surface area contributed by atoms with Crippen molar-refractivity contribution in [3.05, 3.63) is 0 Å². The first-order chi connectivity index (χ1) is 10.8. The fraction of sp³-hybridized carbons (Fsp3) is 1.00. The summed E-state index contributed by atoms with van der Waals surface area (Å²) in [6.45, 7) is 0.476. The highest BCUT2D eigenvalue weighted by Crippen LogP contribution is 2.11. The van der Waals surface area contributed by atoms with E-state index >= 15 is 0 Å². The fourth-order valence-corrected chi connectivity index (χ4v) is 1.95. The maximum absolute atomic E-state index is 8.18. The van der Waals surface area contributed by atoms with Crippen LogP contribution in [-0.4, -0.2) is 23.3 Å². The molecule has 0 radical (unpaired) electrons. The normalized spacial score (nSPS) is 11.5. The van der Waals surface area contributed by atoms with Gasteiger partial charge in [-0.15, -0.1) is 4.89 Å². The zero-order valence-electron chi connectivity index (χ0n) is 13.4. The molecule has 0 amide bonds. The van der Waals surface area contributed by atoms with Crippen LogP contribution in [0.2, 0.25) is 0 Å². The van der Waals surface area contributed by atoms with Gasteiger partial charge in [-0.3, -0.25) is 0 Å². The van der Waals surface area contributed by atoms with Gasteiger partial charge in [0.2, 0.25) is 0 Å². The van der Waals surface area contributed by atoms with Gasteiger partial charge in [0.05, 0.1) is 6.61 Å². The van der Waals surface area contributed by atoms with Crippen molar-refractivity contribution in [2.75, 3.05) is 6.61 Å². The summed E-state index contributed by atoms with van der Waals surface area (Å²) in [4.78, 5) is 8.30. The van der Waals surface area contributed by atoms with Crippen LogP contribution in [0.25, 0.3) is 0 Å². The van der Waals surface area contributed by atoms with Gasteiger partial charge < -0.3 is 10.2 Å². The molecule has 2 N–H and O–H groups in total. The van der Waals surface area contributed by atoms with Gasteiger partial charge in [-0.25, -0.2) is 4.89 Å². The molecule has 0 unspecified atom stereocenters. The molecule has 0 heterocycles. The lowest BCUT2D eigenvalue weighted by atomic mass is 10.1. The second-order valence-electron chi connectivity index (χ2n) is 5.05. The van der Waals surface area contributed by atoms with Gasteiger partial charge in [0.1, 0.15) is 0 Å². The summed E-state index contributed by atoms with van der Waals surface area (Å²) in [5.74, 6) is 0. The van der Waals surface area contributed by atoms with Crippen LogP contribution in [0.3, 0.4) is 0 Å². The third-order valence-electron chi connectivity index (χ3n) is 3.09. The quantitative estimate of drug-likeness (QED) is 0.171. The van der Waals surface area contributed by atoms with Crippen LogP contribution in [0.1, 0.15) is 77.6 Å². The third-order valence-corrected chi connectivity index (χ3v) is 3.09. The molecule has 0 fully saturated rings. The number of hydrogen-bond acceptors (Lipinski definition) is 8. The van der Waals surface area contributed by atoms with E-state index < -0.39 is 6.48 Å². The Kier molecular flexibility index (Phi) is 18.5. The van der Waals surface area contributed by atoms with E-state index in [1.807, 2.05) is 0 Å². The Morgan fingerprint density at radius 2 is 1.14 bits per heavy atom. The first-order valence-electron chi connectivity index (χ1n) is 8.08. The average molecular weight is 326 g/mol. The molecule has 0 atom stereocenters. The highest BCUT2D eigenvalue weighted by molar-refractivity contribution is 4.47. The molecule has 0 aromatic rings. The molecule has 134 valence electrons. The molecule has 0 saturated carbocycles. The van der Waals surface area contributed by atoms with E-state index in [-0.39, 0.29) is 0 Å². The Morgan fingerprint density at radius 1 is 0.636 bits per heavy atom. The molecule has 0 spiro atoms. The number of aliphatic hydroxyl groups excluding tert-OH is 1. The molecule has 0 aliphatic heterocycles. The Bertz CT molecular complexity index is 203. The van der Waals surface area contributed by atoms with Gasteiger partial charge in [0, 0.05) is 0 Å². The summed E-state index contributed by atoms with van der Waals surface area (Å²) in [5, 5.41) is 31.8. The largest absolute Gasteiger partial charge is 0.344 e. The van der Waals surface area contributed by atoms with E-state index in [2.05, 4.69) is 36.9 Å². The first-order valence-corrected chi connectivity index (χ1v) is 8.08. The predicted molar refractivity (Wildman–Crippen MR) is 76.1 cm³/mol. The summed E-state index contributed by atoms with van der Waals surface area (Å²) in [6, 6.07) is 0. The maximum atomic E-state index is 8.18. The van der Waals surface area contributed by atoms with Crippen molar-refractivity contribution >= 4 is 0 Å². The monoisotopic (exact) mass is 326 g/mol. The molecule has 0 aromatic heterocycles. The van der Waals surface area contributed by atoms with Gasteiger partial charge in [-0.05, 0) is 26.6 Å². The van der Waals surface area contributed by atoms with Gasteiger partial charge >= 0.3 is 0 Å². The van der Waals surface area contributed by atoms with E-state index in [4.69, 9.17) is 10.2 Å². The standard InChI is InChI=1S/C14H30O8/c1-2-3-4-5-6-7-8-9-10-11-12-13-17-19-21-22-20-18-14(15)16/h14-16H,2-13H2,1H3. The van der Waals surface area contributed by atoms with Crippen LogP contribution in [0.15, 0.2) is 0 Å². The number of aliphatic hydroxyl groups is 2. The van der Waals surface area contributed by atoms with E-state index in [1.165, 1.54) is 57.8 Å². The topological polar surface area (TPSA) is 95.8 Å². The van der Waals surface area contributed by atoms with Crippen molar-refractivity contribution in [1.29, 1.82) is 0 Å². The molecule has 8 heteroatoms. The van der Waals surface area contributed by atoms with Gasteiger partial charge in [0.15, 0.2) is 0 Å². The molecule has 0 aromatic carbocycles. The molecule has 0 aliphatic rings. The first kappa shape index (κ1) is 21.7. The molecule has 22 heavy (non-hydrogen) atoms. The summed E-state index contributed by atoms with van der Waals surface area (Å²) in [6.07, 6.45) is 13.7. The van der Waals surface area contributed by atoms with Gasteiger partial charge in [-0.2, -0.15) is 0 Å². The second-order valence-corrected chi connectivity index (χ2v) is 5.05. The Labute approximate surface area is 131 Å². The molecule has 8 nitrogen and oxygen atoms in total. The number of hydrogen-bond donors (Lipinski definition) is 2. The van der Waals surface area contributed by atoms with Crippen LogP contribution in [-0.2, 0) is 29.9 Å². The van der Waals surface area contributed by atoms with E-state index in [0.717, 1.165) is 12.8 Å². The van der Waals surface area contributed by atoms with Crippen molar-refractivity contribution in [3.63, 3.8) is 0 Å². The minimum Gasteiger partial charge on any atom is -0.344 e. The van der Waals surface area contributed by atoms with Crippen molar-refractivity contribution < 1.29 is 40.1 Å². The fourth-order valence-electron chi connectivity index (χ4n) is 1.95. The Balaban J connectivity index is 2.94. The van der Waals surface area contributed by atoms with E-state index in [1.54, 1.807) is 0 Å². The Morgan fingerprint density at radius 3 is 1.68 bits per heavy atom. The van der Waals surface area contributed by atoms with E-state index in [9.17, 15) is 0 Å². The minimum absolute atomic E-state index is 0.365. The zero-order chi connectivity index (χ0) is 16.3. The molecular formula is C14H30O8. The van der Waals surface area contributed by atoms with Crippen LogP contribution in [0.5, 0.6) is 0 Å². The van der Waals surface area contributed by atoms with Crippen LogP contribution in [0.4, 0.5) is 0 Å². The summed E-state index contributed by atoms with van der Waals surface area (Å²) in [7, 11) is 0. The highest BCUT2D eigenvalue weighted by Gasteiger charge is 1.99. The lowest BCUT2D eigenvalue weighted by molar-refractivity contribution is -0.767. The lowest BCUT2D eigenvalue weighted by Crippen LogP contribution is -2.11. The predicted octanol–water partition coefficient (Wildman–Crippen LogP) is 3.24. The van der Waals surface area contributed by atoms with Gasteiger partial charge in [-0.1, -0.05) is 71.1 Å². The summed E-state index contributed by atoms with van der Waals surface area (Å²) in [5.41, 5.74) is 0. The third kappa shape index (κ3) is 19.7. The lowest BCUT2D eigenvalue weighted by Gasteiger charge is -2.03. The second kappa shape index (κ2) is 18.7. The molecule has 0 bridgehead atoms. The van der Waals surface area contributed by atoms with Crippen LogP contribution in [0, 0.1) is 0 Å². The summed E-state index contributed by atoms with van der Waals surface area (Å²) >= 11 is 0.